The van der Waals surface area contributed by atoms with Crippen molar-refractivity contribution < 1.29 is 62.0 Å². The number of aliphatic hydroxyl groups is 2. The number of carbonyl (C=O) groups excluding carboxylic acids is 1. The van der Waals surface area contributed by atoms with Crippen molar-refractivity contribution in [1.82, 2.24) is 0 Å². The second kappa shape index (κ2) is 19.9. The van der Waals surface area contributed by atoms with E-state index in [2.05, 4.69) is 24.1 Å². The third-order valence-corrected chi connectivity index (χ3v) is 7.18. The molecule has 0 aliphatic carbocycles. The largest absolute Gasteiger partial charge is 1.00 e. The van der Waals surface area contributed by atoms with E-state index < -0.39 is 22.0 Å². The molecule has 1 rings (SSSR count). The fourth-order valence-corrected chi connectivity index (χ4v) is 5.19. The minimum atomic E-state index is -4.58. The smallest absolute Gasteiger partial charge is 0.748 e. The summed E-state index contributed by atoms with van der Waals surface area (Å²) in [6.07, 6.45) is 17.5. The molecule has 8 nitrogen and oxygen atoms in total. The molecule has 0 spiro atoms. The molecule has 0 bridgehead atoms. The number of ketones is 1. The predicted molar refractivity (Wildman–Crippen MR) is 135 cm³/mol. The Labute approximate surface area is 234 Å². The fraction of sp³-hybridized carbons (Fsp3) is 0.840. The molecule has 0 aromatic rings. The molecule has 35 heavy (non-hydrogen) atoms. The number of nitrogens with zero attached hydrogens (tertiary/aromatic N) is 2. The van der Waals surface area contributed by atoms with Crippen molar-refractivity contribution in [1.29, 1.82) is 0 Å². The van der Waals surface area contributed by atoms with E-state index in [1.807, 2.05) is 0 Å². The van der Waals surface area contributed by atoms with Crippen molar-refractivity contribution in [2.75, 3.05) is 38.5 Å². The van der Waals surface area contributed by atoms with Gasteiger partial charge in [-0.25, -0.2) is 13.4 Å². The van der Waals surface area contributed by atoms with E-state index in [0.29, 0.717) is 19.5 Å². The van der Waals surface area contributed by atoms with Crippen LogP contribution < -0.4 is 29.6 Å². The van der Waals surface area contributed by atoms with E-state index in [9.17, 15) is 28.0 Å². The van der Waals surface area contributed by atoms with E-state index in [-0.39, 0.29) is 65.4 Å². The molecule has 0 saturated heterocycles. The van der Waals surface area contributed by atoms with Gasteiger partial charge in [-0.1, -0.05) is 64.0 Å². The Morgan fingerprint density at radius 3 is 2.20 bits per heavy atom. The third-order valence-electron chi connectivity index (χ3n) is 6.39. The second-order valence-electron chi connectivity index (χ2n) is 9.49. The van der Waals surface area contributed by atoms with Gasteiger partial charge in [-0.3, -0.25) is 9.28 Å². The molecule has 1 heterocycles. The van der Waals surface area contributed by atoms with Crippen molar-refractivity contribution in [3.63, 3.8) is 0 Å². The van der Waals surface area contributed by atoms with Gasteiger partial charge in [0.05, 0.1) is 29.0 Å². The van der Waals surface area contributed by atoms with E-state index in [0.717, 1.165) is 32.1 Å². The molecule has 2 N–H and O–H groups in total. The number of unbranched alkanes of at least 4 members (excludes halogenated alkanes) is 10. The average molecular weight is 526 g/mol. The Balaban J connectivity index is 0.0000116. The first-order valence-corrected chi connectivity index (χ1v) is 14.6. The maximum absolute atomic E-state index is 12.8. The van der Waals surface area contributed by atoms with Crippen LogP contribution >= 0.6 is 0 Å². The van der Waals surface area contributed by atoms with Crippen LogP contribution in [0.25, 0.3) is 0 Å². The number of hydrogen-bond donors (Lipinski definition) is 2. The summed E-state index contributed by atoms with van der Waals surface area (Å²) in [5, 5.41) is 19.6. The minimum Gasteiger partial charge on any atom is -0.748 e. The molecule has 1 aliphatic heterocycles. The second-order valence-corrected chi connectivity index (χ2v) is 10.9. The van der Waals surface area contributed by atoms with E-state index in [1.54, 1.807) is 0 Å². The first-order chi connectivity index (χ1) is 16.2. The van der Waals surface area contributed by atoms with Crippen LogP contribution in [-0.2, 0) is 14.9 Å². The first-order valence-electron chi connectivity index (χ1n) is 13.1. The van der Waals surface area contributed by atoms with Crippen LogP contribution in [0.5, 0.6) is 0 Å². The Kier molecular flexibility index (Phi) is 19.8. The molecule has 0 amide bonds. The van der Waals surface area contributed by atoms with Crippen LogP contribution in [0.15, 0.2) is 17.1 Å². The van der Waals surface area contributed by atoms with Gasteiger partial charge in [0.2, 0.25) is 5.78 Å². The van der Waals surface area contributed by atoms with Gasteiger partial charge >= 0.3 is 29.6 Å². The molecule has 0 radical (unpaired) electrons. The monoisotopic (exact) mass is 525 g/mol. The van der Waals surface area contributed by atoms with Crippen LogP contribution in [0.2, 0.25) is 0 Å². The zero-order chi connectivity index (χ0) is 25.3. The summed E-state index contributed by atoms with van der Waals surface area (Å²) in [6.45, 7) is 2.83. The first kappa shape index (κ1) is 34.9. The number of carbonyl (C=O) groups is 1. The van der Waals surface area contributed by atoms with Crippen molar-refractivity contribution in [2.45, 2.75) is 96.5 Å². The number of aliphatic imine (C=N–C) groups is 1. The Bertz CT molecular complexity index is 744. The van der Waals surface area contributed by atoms with Gasteiger partial charge in [-0.15, -0.1) is 0 Å². The number of quaternary nitrogens is 1. The molecule has 1 aliphatic rings. The van der Waals surface area contributed by atoms with Gasteiger partial charge in [-0.05, 0) is 32.1 Å². The predicted octanol–water partition coefficient (Wildman–Crippen LogP) is 0.334. The molecule has 198 valence electrons. The summed E-state index contributed by atoms with van der Waals surface area (Å²) in [5.41, 5.74) is 0. The Morgan fingerprint density at radius 1 is 1.06 bits per heavy atom. The molecule has 0 fully saturated rings. The molecule has 0 aromatic carbocycles. The van der Waals surface area contributed by atoms with Crippen molar-refractivity contribution in [3.05, 3.63) is 12.2 Å². The third kappa shape index (κ3) is 15.7. The number of hydrogen-bond acceptors (Lipinski definition) is 7. The maximum Gasteiger partial charge on any atom is 1.00 e. The fourth-order valence-electron chi connectivity index (χ4n) is 4.62. The molecule has 0 aromatic heterocycles. The Hall–Kier alpha value is -0.130. The van der Waals surface area contributed by atoms with E-state index in [1.165, 1.54) is 44.9 Å². The molecule has 10 heteroatoms. The van der Waals surface area contributed by atoms with Crippen LogP contribution in [0, 0.1) is 0 Å². The van der Waals surface area contributed by atoms with E-state index >= 15 is 0 Å². The van der Waals surface area contributed by atoms with Crippen LogP contribution in [-0.4, -0.2) is 83.9 Å². The summed E-state index contributed by atoms with van der Waals surface area (Å²) in [4.78, 5) is 17.1. The van der Waals surface area contributed by atoms with Gasteiger partial charge in [0.25, 0.3) is 5.84 Å². The van der Waals surface area contributed by atoms with Gasteiger partial charge in [-0.2, -0.15) is 0 Å². The number of Topliss-reactive ketones (excluding diaryl/α,β-unsaturated/α-hetero) is 1. The normalized spacial score (nSPS) is 19.0. The molecule has 2 unspecified atom stereocenters. The van der Waals surface area contributed by atoms with Crippen molar-refractivity contribution in [3.8, 4) is 0 Å². The van der Waals surface area contributed by atoms with Gasteiger partial charge < -0.3 is 14.8 Å². The Morgan fingerprint density at radius 2 is 1.63 bits per heavy atom. The molecular weight excluding hydrogens is 479 g/mol. The topological polar surface area (TPSA) is 127 Å². The molecular formula is C25H46N2NaO6S+. The maximum atomic E-state index is 12.8. The summed E-state index contributed by atoms with van der Waals surface area (Å²) in [6, 6.07) is 0. The summed E-state index contributed by atoms with van der Waals surface area (Å²) in [5.74, 6) is -0.754. The van der Waals surface area contributed by atoms with Gasteiger partial charge in [0.1, 0.15) is 25.7 Å². The van der Waals surface area contributed by atoms with E-state index in [4.69, 9.17) is 0 Å². The number of amidine groups is 1. The summed E-state index contributed by atoms with van der Waals surface area (Å²) in [7, 11) is -4.58. The number of rotatable bonds is 21. The van der Waals surface area contributed by atoms with Gasteiger partial charge in [0, 0.05) is 6.42 Å². The average Bonchev–Trinajstić information content (AvgIpc) is 3.15. The van der Waals surface area contributed by atoms with Crippen LogP contribution in [0.4, 0.5) is 0 Å². The zero-order valence-corrected chi connectivity index (χ0v) is 24.8. The summed E-state index contributed by atoms with van der Waals surface area (Å²) >= 11 is 0. The minimum absolute atomic E-state index is 0. The molecule has 0 saturated carbocycles. The SMILES string of the molecule is CCCCCCCCC/C=C/CCCCCC(=O)C1=NCC[N+]1(CCO)CC(O)CS(=O)(=O)[O-].[Na+]. The number of aliphatic hydroxyl groups excluding tert-OH is 2. The van der Waals surface area contributed by atoms with Crippen molar-refractivity contribution >= 4 is 21.7 Å². The van der Waals surface area contributed by atoms with Crippen molar-refractivity contribution in [2.24, 2.45) is 4.99 Å². The zero-order valence-electron chi connectivity index (χ0n) is 22.0. The van der Waals surface area contributed by atoms with Crippen LogP contribution in [0.1, 0.15) is 90.4 Å². The van der Waals surface area contributed by atoms with Crippen LogP contribution in [0.3, 0.4) is 0 Å². The standard InChI is InChI=1S/C25H46N2O6S.Na/c1-2-3-4-5-6-7-8-9-10-11-12-13-14-15-16-24(30)25-26-17-18-27(25,19-20-28)21-23(29)22-34(31,32)33;/h10-11,23,28-29H,2-9,12-22H2,1H3;/q;+1/b11-10+;. The quantitative estimate of drug-likeness (QED) is 0.0731. The van der Waals surface area contributed by atoms with Gasteiger partial charge in [0.15, 0.2) is 0 Å². The summed E-state index contributed by atoms with van der Waals surface area (Å²) < 4.78 is 32.9. The molecule has 2 atom stereocenters. The number of allylic oxidation sites excluding steroid dienone is 2.